The highest BCUT2D eigenvalue weighted by molar-refractivity contribution is 5.25. The zero-order valence-corrected chi connectivity index (χ0v) is 10.6. The SMILES string of the molecule is NCc1cccc(CN2CCC(CO)CC2)c1F. The minimum Gasteiger partial charge on any atom is -0.396 e. The standard InChI is InChI=1S/C14H21FN2O/c15-14-12(8-16)2-1-3-13(14)9-17-6-4-11(10-18)5-7-17/h1-3,11,18H,4-10,16H2. The fourth-order valence-electron chi connectivity index (χ4n) is 2.48. The number of likely N-dealkylation sites (tertiary alicyclic amines) is 1. The molecule has 0 aromatic heterocycles. The van der Waals surface area contributed by atoms with Crippen molar-refractivity contribution in [1.82, 2.24) is 4.90 Å². The summed E-state index contributed by atoms with van der Waals surface area (Å²) in [5.74, 6) is 0.255. The lowest BCUT2D eigenvalue weighted by Crippen LogP contribution is -2.34. The fourth-order valence-corrected chi connectivity index (χ4v) is 2.48. The Hall–Kier alpha value is -0.970. The second-order valence-corrected chi connectivity index (χ2v) is 5.00. The van der Waals surface area contributed by atoms with Crippen molar-refractivity contribution in [2.24, 2.45) is 11.7 Å². The highest BCUT2D eigenvalue weighted by Crippen LogP contribution is 2.20. The average Bonchev–Trinajstić information content (AvgIpc) is 2.42. The maximum absolute atomic E-state index is 14.0. The maximum Gasteiger partial charge on any atom is 0.132 e. The topological polar surface area (TPSA) is 49.5 Å². The number of halogens is 1. The number of nitrogens with zero attached hydrogens (tertiary/aromatic N) is 1. The van der Waals surface area contributed by atoms with Crippen LogP contribution in [-0.2, 0) is 13.1 Å². The first-order valence-corrected chi connectivity index (χ1v) is 6.54. The van der Waals surface area contributed by atoms with Gasteiger partial charge in [0, 0.05) is 30.8 Å². The van der Waals surface area contributed by atoms with Gasteiger partial charge in [0.25, 0.3) is 0 Å². The van der Waals surface area contributed by atoms with E-state index >= 15 is 0 Å². The second kappa shape index (κ2) is 6.27. The average molecular weight is 252 g/mol. The summed E-state index contributed by atoms with van der Waals surface area (Å²) in [5, 5.41) is 9.09. The van der Waals surface area contributed by atoms with Crippen LogP contribution < -0.4 is 5.73 Å². The van der Waals surface area contributed by atoms with Gasteiger partial charge in [-0.3, -0.25) is 4.90 Å². The molecule has 2 rings (SSSR count). The molecular formula is C14H21FN2O. The first-order valence-electron chi connectivity index (χ1n) is 6.54. The van der Waals surface area contributed by atoms with E-state index in [0.29, 0.717) is 18.0 Å². The number of rotatable bonds is 4. The molecule has 0 radical (unpaired) electrons. The molecule has 0 saturated carbocycles. The number of aliphatic hydroxyl groups is 1. The molecule has 3 nitrogen and oxygen atoms in total. The van der Waals surface area contributed by atoms with Crippen LogP contribution in [0, 0.1) is 11.7 Å². The molecular weight excluding hydrogens is 231 g/mol. The lowest BCUT2D eigenvalue weighted by atomic mass is 9.97. The molecule has 0 atom stereocenters. The van der Waals surface area contributed by atoms with E-state index in [0.717, 1.165) is 31.5 Å². The van der Waals surface area contributed by atoms with Crippen molar-refractivity contribution in [3.8, 4) is 0 Å². The zero-order valence-electron chi connectivity index (χ0n) is 10.6. The first-order chi connectivity index (χ1) is 8.74. The van der Waals surface area contributed by atoms with E-state index in [1.54, 1.807) is 6.07 Å². The monoisotopic (exact) mass is 252 g/mol. The summed E-state index contributed by atoms with van der Waals surface area (Å²) in [6.07, 6.45) is 1.99. The predicted octanol–water partition coefficient (Wildman–Crippen LogP) is 1.49. The van der Waals surface area contributed by atoms with Gasteiger partial charge in [-0.15, -0.1) is 0 Å². The molecule has 1 fully saturated rings. The van der Waals surface area contributed by atoms with Gasteiger partial charge in [-0.05, 0) is 31.8 Å². The Kier molecular flexibility index (Phi) is 4.69. The molecule has 0 spiro atoms. The first kappa shape index (κ1) is 13.5. The highest BCUT2D eigenvalue weighted by atomic mass is 19.1. The number of benzene rings is 1. The van der Waals surface area contributed by atoms with Gasteiger partial charge in [0.05, 0.1) is 0 Å². The van der Waals surface area contributed by atoms with E-state index in [9.17, 15) is 4.39 Å². The summed E-state index contributed by atoms with van der Waals surface area (Å²) >= 11 is 0. The van der Waals surface area contributed by atoms with Gasteiger partial charge in [-0.2, -0.15) is 0 Å². The van der Waals surface area contributed by atoms with Crippen LogP contribution in [0.4, 0.5) is 4.39 Å². The van der Waals surface area contributed by atoms with Gasteiger partial charge in [0.1, 0.15) is 5.82 Å². The van der Waals surface area contributed by atoms with E-state index in [1.165, 1.54) is 0 Å². The number of nitrogens with two attached hydrogens (primary N) is 1. The maximum atomic E-state index is 14.0. The molecule has 1 aromatic carbocycles. The van der Waals surface area contributed by atoms with Gasteiger partial charge in [0.15, 0.2) is 0 Å². The van der Waals surface area contributed by atoms with Crippen LogP contribution in [0.1, 0.15) is 24.0 Å². The molecule has 0 aliphatic carbocycles. The Morgan fingerprint density at radius 2 is 1.94 bits per heavy atom. The van der Waals surface area contributed by atoms with Gasteiger partial charge in [-0.25, -0.2) is 4.39 Å². The van der Waals surface area contributed by atoms with E-state index in [1.807, 2.05) is 12.1 Å². The summed E-state index contributed by atoms with van der Waals surface area (Å²) in [5.41, 5.74) is 6.81. The lowest BCUT2D eigenvalue weighted by molar-refractivity contribution is 0.126. The minimum atomic E-state index is -0.163. The van der Waals surface area contributed by atoms with Gasteiger partial charge < -0.3 is 10.8 Å². The van der Waals surface area contributed by atoms with Crippen molar-refractivity contribution in [2.45, 2.75) is 25.9 Å². The van der Waals surface area contributed by atoms with Crippen LogP contribution in [-0.4, -0.2) is 29.7 Å². The van der Waals surface area contributed by atoms with Crippen LogP contribution in [0.3, 0.4) is 0 Å². The van der Waals surface area contributed by atoms with Crippen molar-refractivity contribution in [3.05, 3.63) is 35.1 Å². The smallest absolute Gasteiger partial charge is 0.132 e. The minimum absolute atomic E-state index is 0.163. The molecule has 0 amide bonds. The molecule has 100 valence electrons. The third-order valence-corrected chi connectivity index (χ3v) is 3.74. The predicted molar refractivity (Wildman–Crippen MR) is 69.4 cm³/mol. The van der Waals surface area contributed by atoms with Crippen molar-refractivity contribution >= 4 is 0 Å². The Labute approximate surface area is 107 Å². The summed E-state index contributed by atoms with van der Waals surface area (Å²) < 4.78 is 14.0. The van der Waals surface area contributed by atoms with Crippen LogP contribution in [0.25, 0.3) is 0 Å². The largest absolute Gasteiger partial charge is 0.396 e. The van der Waals surface area contributed by atoms with Crippen molar-refractivity contribution in [2.75, 3.05) is 19.7 Å². The van der Waals surface area contributed by atoms with Crippen LogP contribution in [0.15, 0.2) is 18.2 Å². The second-order valence-electron chi connectivity index (χ2n) is 5.00. The van der Waals surface area contributed by atoms with Gasteiger partial charge in [0.2, 0.25) is 0 Å². The van der Waals surface area contributed by atoms with Crippen molar-refractivity contribution < 1.29 is 9.50 Å². The summed E-state index contributed by atoms with van der Waals surface area (Å²) in [6.45, 7) is 3.00. The van der Waals surface area contributed by atoms with E-state index in [4.69, 9.17) is 10.8 Å². The quantitative estimate of drug-likeness (QED) is 0.853. The van der Waals surface area contributed by atoms with Crippen LogP contribution >= 0.6 is 0 Å². The Balaban J connectivity index is 1.98. The molecule has 1 saturated heterocycles. The normalized spacial score (nSPS) is 18.2. The summed E-state index contributed by atoms with van der Waals surface area (Å²) in [6, 6.07) is 5.42. The number of hydrogen-bond donors (Lipinski definition) is 2. The molecule has 1 aliphatic heterocycles. The molecule has 3 N–H and O–H groups in total. The summed E-state index contributed by atoms with van der Waals surface area (Å²) in [7, 11) is 0. The Bertz CT molecular complexity index is 389. The van der Waals surface area contributed by atoms with Crippen LogP contribution in [0.2, 0.25) is 0 Å². The zero-order chi connectivity index (χ0) is 13.0. The van der Waals surface area contributed by atoms with Gasteiger partial charge >= 0.3 is 0 Å². The van der Waals surface area contributed by atoms with E-state index < -0.39 is 0 Å². The molecule has 4 heteroatoms. The Morgan fingerprint density at radius 3 is 2.56 bits per heavy atom. The molecule has 1 aliphatic rings. The fraction of sp³-hybridized carbons (Fsp3) is 0.571. The van der Waals surface area contributed by atoms with Gasteiger partial charge in [-0.1, -0.05) is 18.2 Å². The van der Waals surface area contributed by atoms with Crippen LogP contribution in [0.5, 0.6) is 0 Å². The molecule has 1 heterocycles. The number of hydrogen-bond acceptors (Lipinski definition) is 3. The highest BCUT2D eigenvalue weighted by Gasteiger charge is 2.19. The molecule has 0 unspecified atom stereocenters. The number of piperidine rings is 1. The summed E-state index contributed by atoms with van der Waals surface area (Å²) in [4.78, 5) is 2.24. The van der Waals surface area contributed by atoms with E-state index in [2.05, 4.69) is 4.90 Å². The molecule has 1 aromatic rings. The third-order valence-electron chi connectivity index (χ3n) is 3.74. The van der Waals surface area contributed by atoms with Crippen molar-refractivity contribution in [3.63, 3.8) is 0 Å². The molecule has 18 heavy (non-hydrogen) atoms. The Morgan fingerprint density at radius 1 is 1.28 bits per heavy atom. The third kappa shape index (κ3) is 3.07. The lowest BCUT2D eigenvalue weighted by Gasteiger charge is -2.31. The van der Waals surface area contributed by atoms with Crippen molar-refractivity contribution in [1.29, 1.82) is 0 Å². The number of aliphatic hydroxyl groups excluding tert-OH is 1. The molecule has 0 bridgehead atoms. The van der Waals surface area contributed by atoms with E-state index in [-0.39, 0.29) is 19.0 Å².